The minimum atomic E-state index is -0.784. The minimum Gasteiger partial charge on any atom is -0.399 e. The number of benzene rings is 1. The number of hydrogen-bond donors (Lipinski definition) is 2. The van der Waals surface area contributed by atoms with Gasteiger partial charge in [0.1, 0.15) is 5.82 Å². The maximum absolute atomic E-state index is 13.8. The second-order valence-corrected chi connectivity index (χ2v) is 7.11. The summed E-state index contributed by atoms with van der Waals surface area (Å²) in [7, 11) is 0. The molecule has 1 heterocycles. The molecule has 0 spiro atoms. The summed E-state index contributed by atoms with van der Waals surface area (Å²) in [6.45, 7) is 10.1. The second-order valence-electron chi connectivity index (χ2n) is 7.11. The third-order valence-electron chi connectivity index (χ3n) is 3.83. The Morgan fingerprint density at radius 2 is 1.83 bits per heavy atom. The van der Waals surface area contributed by atoms with Crippen LogP contribution < -0.4 is 5.73 Å². The molecule has 2 rings (SSSR count). The average Bonchev–Trinajstić information content (AvgIpc) is 2.43. The van der Waals surface area contributed by atoms with Crippen molar-refractivity contribution in [1.82, 2.24) is 9.80 Å². The molecule has 1 aromatic rings. The van der Waals surface area contributed by atoms with Gasteiger partial charge in [0, 0.05) is 50.5 Å². The molecule has 1 aliphatic heterocycles. The highest BCUT2D eigenvalue weighted by Crippen LogP contribution is 2.16. The van der Waals surface area contributed by atoms with Crippen molar-refractivity contribution < 1.29 is 14.2 Å². The molecule has 3 N–H and O–H groups in total. The highest BCUT2D eigenvalue weighted by atomic mass is 19.1. The molecular weight excluding hydrogens is 297 g/mol. The lowest BCUT2D eigenvalue weighted by Gasteiger charge is -2.36. The van der Waals surface area contributed by atoms with Crippen molar-refractivity contribution in [3.8, 4) is 0 Å². The molecule has 5 nitrogen and oxygen atoms in total. The number of ether oxygens (including phenoxy) is 1. The number of aliphatic hydroxyl groups excluding tert-OH is 1. The minimum absolute atomic E-state index is 0.212. The van der Waals surface area contributed by atoms with Crippen molar-refractivity contribution in [3.05, 3.63) is 29.6 Å². The van der Waals surface area contributed by atoms with E-state index in [2.05, 4.69) is 9.80 Å². The molecular formula is C17H28FN3O2. The number of aliphatic hydroxyl groups is 1. The standard InChI is InChI=1S/C17H28FN3O2/c1-17(2,3)23-16(22)12-21-8-6-20(7-9-21)11-13-10-14(19)4-5-15(13)18/h4-5,10,16,22H,6-9,11-12,19H2,1-3H3. The van der Waals surface area contributed by atoms with Crippen LogP contribution in [0, 0.1) is 5.82 Å². The Hall–Kier alpha value is -1.21. The smallest absolute Gasteiger partial charge is 0.167 e. The van der Waals surface area contributed by atoms with Crippen LogP contribution in [0.4, 0.5) is 10.1 Å². The van der Waals surface area contributed by atoms with Gasteiger partial charge in [0.15, 0.2) is 6.29 Å². The summed E-state index contributed by atoms with van der Waals surface area (Å²) in [4.78, 5) is 4.37. The summed E-state index contributed by atoms with van der Waals surface area (Å²) < 4.78 is 19.3. The molecule has 0 aromatic heterocycles. The van der Waals surface area contributed by atoms with Gasteiger partial charge in [-0.05, 0) is 39.0 Å². The fourth-order valence-corrected chi connectivity index (χ4v) is 2.75. The Labute approximate surface area is 137 Å². The summed E-state index contributed by atoms with van der Waals surface area (Å²) in [5, 5.41) is 9.96. The zero-order valence-electron chi connectivity index (χ0n) is 14.3. The lowest BCUT2D eigenvalue weighted by molar-refractivity contribution is -0.175. The number of piperazine rings is 1. The summed E-state index contributed by atoms with van der Waals surface area (Å²) in [6, 6.07) is 4.69. The molecule has 1 atom stereocenters. The molecule has 0 bridgehead atoms. The third-order valence-corrected chi connectivity index (χ3v) is 3.83. The second kappa shape index (κ2) is 7.57. The van der Waals surface area contributed by atoms with Crippen LogP contribution in [-0.2, 0) is 11.3 Å². The number of anilines is 1. The van der Waals surface area contributed by atoms with Gasteiger partial charge in [-0.3, -0.25) is 9.80 Å². The fourth-order valence-electron chi connectivity index (χ4n) is 2.75. The zero-order valence-corrected chi connectivity index (χ0v) is 14.3. The van der Waals surface area contributed by atoms with Crippen LogP contribution in [0.2, 0.25) is 0 Å². The van der Waals surface area contributed by atoms with Gasteiger partial charge in [0.25, 0.3) is 0 Å². The average molecular weight is 325 g/mol. The summed E-state index contributed by atoms with van der Waals surface area (Å²) in [5.74, 6) is -0.212. The monoisotopic (exact) mass is 325 g/mol. The van der Waals surface area contributed by atoms with Crippen molar-refractivity contribution in [2.24, 2.45) is 0 Å². The van der Waals surface area contributed by atoms with Crippen LogP contribution in [0.25, 0.3) is 0 Å². The Morgan fingerprint density at radius 3 is 2.43 bits per heavy atom. The van der Waals surface area contributed by atoms with Gasteiger partial charge >= 0.3 is 0 Å². The Kier molecular flexibility index (Phi) is 5.97. The molecule has 0 aliphatic carbocycles. The maximum atomic E-state index is 13.8. The van der Waals surface area contributed by atoms with Crippen molar-refractivity contribution in [3.63, 3.8) is 0 Å². The molecule has 1 saturated heterocycles. The largest absolute Gasteiger partial charge is 0.399 e. The number of hydrogen-bond acceptors (Lipinski definition) is 5. The lowest BCUT2D eigenvalue weighted by atomic mass is 10.1. The van der Waals surface area contributed by atoms with Gasteiger partial charge < -0.3 is 15.6 Å². The van der Waals surface area contributed by atoms with E-state index in [1.165, 1.54) is 6.07 Å². The van der Waals surface area contributed by atoms with Crippen molar-refractivity contribution in [2.75, 3.05) is 38.5 Å². The first-order valence-corrected chi connectivity index (χ1v) is 8.07. The van der Waals surface area contributed by atoms with Crippen molar-refractivity contribution >= 4 is 5.69 Å². The lowest BCUT2D eigenvalue weighted by Crippen LogP contribution is -2.49. The van der Waals surface area contributed by atoms with Crippen molar-refractivity contribution in [1.29, 1.82) is 0 Å². The predicted molar refractivity (Wildman–Crippen MR) is 89.4 cm³/mol. The van der Waals surface area contributed by atoms with Crippen LogP contribution in [0.15, 0.2) is 18.2 Å². The van der Waals surface area contributed by atoms with Crippen molar-refractivity contribution in [2.45, 2.75) is 39.2 Å². The number of nitrogens with zero attached hydrogens (tertiary/aromatic N) is 2. The SMILES string of the molecule is CC(C)(C)OC(O)CN1CCN(Cc2cc(N)ccc2F)CC1. The van der Waals surface area contributed by atoms with E-state index in [9.17, 15) is 9.50 Å². The molecule has 0 radical (unpaired) electrons. The van der Waals surface area contributed by atoms with Gasteiger partial charge in [-0.25, -0.2) is 4.39 Å². The number of rotatable bonds is 5. The molecule has 1 unspecified atom stereocenters. The summed E-state index contributed by atoms with van der Waals surface area (Å²) in [6.07, 6.45) is -0.784. The number of β-amino-alcohol motifs (C(OH)–C–C–N with tert-alkyl or cyclic N) is 1. The van der Waals surface area contributed by atoms with E-state index in [1.54, 1.807) is 12.1 Å². The van der Waals surface area contributed by atoms with E-state index in [-0.39, 0.29) is 11.4 Å². The van der Waals surface area contributed by atoms with E-state index < -0.39 is 6.29 Å². The number of halogens is 1. The molecule has 0 amide bonds. The molecule has 130 valence electrons. The number of nitrogens with two attached hydrogens (primary N) is 1. The van der Waals surface area contributed by atoms with Gasteiger partial charge in [0.05, 0.1) is 5.60 Å². The summed E-state index contributed by atoms with van der Waals surface area (Å²) >= 11 is 0. The van der Waals surface area contributed by atoms with Crippen LogP contribution in [-0.4, -0.2) is 59.5 Å². The zero-order chi connectivity index (χ0) is 17.0. The molecule has 1 fully saturated rings. The third kappa shape index (κ3) is 6.06. The van der Waals surface area contributed by atoms with E-state index in [0.29, 0.717) is 24.3 Å². The highest BCUT2D eigenvalue weighted by Gasteiger charge is 2.23. The molecule has 23 heavy (non-hydrogen) atoms. The first-order chi connectivity index (χ1) is 10.7. The van der Waals surface area contributed by atoms with E-state index in [1.807, 2.05) is 20.8 Å². The molecule has 1 aliphatic rings. The molecule has 0 saturated carbocycles. The van der Waals surface area contributed by atoms with Gasteiger partial charge in [-0.15, -0.1) is 0 Å². The highest BCUT2D eigenvalue weighted by molar-refractivity contribution is 5.41. The molecule has 1 aromatic carbocycles. The Bertz CT molecular complexity index is 511. The topological polar surface area (TPSA) is 62.0 Å². The Balaban J connectivity index is 1.79. The quantitative estimate of drug-likeness (QED) is 0.637. The van der Waals surface area contributed by atoms with Crippen LogP contribution in [0.3, 0.4) is 0 Å². The fraction of sp³-hybridized carbons (Fsp3) is 0.647. The van der Waals surface area contributed by atoms with E-state index in [0.717, 1.165) is 26.2 Å². The Morgan fingerprint density at radius 1 is 1.22 bits per heavy atom. The van der Waals surface area contributed by atoms with Crippen LogP contribution in [0.1, 0.15) is 26.3 Å². The normalized spacial score (nSPS) is 19.0. The van der Waals surface area contributed by atoms with Crippen LogP contribution in [0.5, 0.6) is 0 Å². The van der Waals surface area contributed by atoms with Crippen LogP contribution >= 0.6 is 0 Å². The first kappa shape index (κ1) is 18.1. The molecule has 6 heteroatoms. The first-order valence-electron chi connectivity index (χ1n) is 8.07. The number of nitrogen functional groups attached to an aromatic ring is 1. The van der Waals surface area contributed by atoms with Gasteiger partial charge in [0.2, 0.25) is 0 Å². The van der Waals surface area contributed by atoms with E-state index >= 15 is 0 Å². The van der Waals surface area contributed by atoms with Gasteiger partial charge in [-0.1, -0.05) is 0 Å². The van der Waals surface area contributed by atoms with Gasteiger partial charge in [-0.2, -0.15) is 0 Å². The summed E-state index contributed by atoms with van der Waals surface area (Å²) in [5.41, 5.74) is 6.59. The predicted octanol–water partition coefficient (Wildman–Crippen LogP) is 1.66. The maximum Gasteiger partial charge on any atom is 0.167 e. The van der Waals surface area contributed by atoms with E-state index in [4.69, 9.17) is 10.5 Å².